The summed E-state index contributed by atoms with van der Waals surface area (Å²) in [4.78, 5) is 149. The first-order valence-electron chi connectivity index (χ1n) is 25.1. The summed E-state index contributed by atoms with van der Waals surface area (Å²) < 4.78 is 0. The maximum absolute atomic E-state index is 14.4. The van der Waals surface area contributed by atoms with Crippen molar-refractivity contribution in [3.8, 4) is 0 Å². The molecule has 1 aliphatic heterocycles. The quantitative estimate of drug-likeness (QED) is 0.0572. The molecule has 0 radical (unpaired) electrons. The number of nitrogens with zero attached hydrogens (tertiary/aromatic N) is 1. The lowest BCUT2D eigenvalue weighted by Gasteiger charge is -2.28. The van der Waals surface area contributed by atoms with E-state index in [1.54, 1.807) is 56.4 Å². The molecule has 25 heteroatoms. The molecule has 9 atom stereocenters. The predicted octanol–water partition coefficient (Wildman–Crippen LogP) is -2.02. The van der Waals surface area contributed by atoms with Gasteiger partial charge in [-0.2, -0.15) is 0 Å². The van der Waals surface area contributed by atoms with Gasteiger partial charge in [0, 0.05) is 48.3 Å². The van der Waals surface area contributed by atoms with Gasteiger partial charge in [-0.25, -0.2) is 4.98 Å². The summed E-state index contributed by atoms with van der Waals surface area (Å²) in [5.41, 5.74) is 8.03. The van der Waals surface area contributed by atoms with E-state index in [9.17, 15) is 58.2 Å². The number of aliphatic hydroxyl groups is 1. The number of hydrogen-bond donors (Lipinski definition) is 14. The zero-order valence-electron chi connectivity index (χ0n) is 42.8. The second kappa shape index (κ2) is 28.5. The van der Waals surface area contributed by atoms with Crippen LogP contribution in [0.2, 0.25) is 0 Å². The maximum Gasteiger partial charge on any atom is 0.305 e. The molecule has 0 unspecified atom stereocenters. The Balaban J connectivity index is 1.55. The number of hydrogen-bond acceptors (Lipinski definition) is 13. The normalized spacial score (nSPS) is 23.9. The highest BCUT2D eigenvalue weighted by atomic mass is 16.4. The number of unbranched alkanes of at least 4 members (excludes halogenated alkanes) is 1. The third-order valence-electron chi connectivity index (χ3n) is 12.4. The van der Waals surface area contributed by atoms with Crippen LogP contribution in [-0.2, 0) is 67.2 Å². The predicted molar refractivity (Wildman–Crippen MR) is 275 cm³/mol. The Hall–Kier alpha value is -8.19. The number of H-pyrrole nitrogens is 2. The number of carboxylic acid groups (broad SMARTS) is 1. The summed E-state index contributed by atoms with van der Waals surface area (Å²) >= 11 is 0. The first-order chi connectivity index (χ1) is 36.2. The van der Waals surface area contributed by atoms with Crippen molar-refractivity contribution >= 4 is 70.0 Å². The molecule has 5 rings (SSSR count). The summed E-state index contributed by atoms with van der Waals surface area (Å²) in [6, 6.07) is 3.66. The first-order valence-corrected chi connectivity index (χ1v) is 25.1. The van der Waals surface area contributed by atoms with Crippen LogP contribution >= 0.6 is 0 Å². The number of para-hydroxylation sites is 1. The van der Waals surface area contributed by atoms with Crippen molar-refractivity contribution in [2.75, 3.05) is 13.1 Å². The summed E-state index contributed by atoms with van der Waals surface area (Å²) in [7, 11) is 0. The molecule has 25 nitrogen and oxygen atoms in total. The third kappa shape index (κ3) is 17.7. The minimum Gasteiger partial charge on any atom is -0.481 e. The van der Waals surface area contributed by atoms with Crippen molar-refractivity contribution in [2.24, 2.45) is 11.7 Å². The summed E-state index contributed by atoms with van der Waals surface area (Å²) in [6.07, 6.45) is 1.98. The molecule has 1 fully saturated rings. The number of carboxylic acids is 1. The van der Waals surface area contributed by atoms with E-state index in [2.05, 4.69) is 62.8 Å². The number of aliphatic hydroxyl groups excluding tert-OH is 1. The van der Waals surface area contributed by atoms with Crippen LogP contribution in [0.1, 0.15) is 76.6 Å². The largest absolute Gasteiger partial charge is 0.481 e. The molecule has 1 saturated heterocycles. The molecule has 1 aliphatic rings. The van der Waals surface area contributed by atoms with Crippen LogP contribution in [0.5, 0.6) is 0 Å². The number of imidazole rings is 1. The van der Waals surface area contributed by atoms with Crippen molar-refractivity contribution in [1.29, 1.82) is 0 Å². The van der Waals surface area contributed by atoms with Crippen molar-refractivity contribution in [1.82, 2.24) is 62.8 Å². The van der Waals surface area contributed by atoms with Gasteiger partial charge >= 0.3 is 5.97 Å². The van der Waals surface area contributed by atoms with Gasteiger partial charge in [0.15, 0.2) is 0 Å². The topological polar surface area (TPSA) is 390 Å². The molecule has 15 N–H and O–H groups in total. The highest BCUT2D eigenvalue weighted by Crippen LogP contribution is 2.20. The van der Waals surface area contributed by atoms with Gasteiger partial charge in [-0.3, -0.25) is 47.9 Å². The number of rotatable bonds is 15. The number of nitrogens with two attached hydrogens (primary N) is 1. The number of amides is 9. The minimum atomic E-state index is -1.82. The molecule has 0 bridgehead atoms. The van der Waals surface area contributed by atoms with E-state index in [1.165, 1.54) is 26.4 Å². The van der Waals surface area contributed by atoms with Gasteiger partial charge in [-0.15, -0.1) is 0 Å². The van der Waals surface area contributed by atoms with E-state index in [4.69, 9.17) is 5.73 Å². The fourth-order valence-electron chi connectivity index (χ4n) is 8.41. The molecule has 0 saturated carbocycles. The molecule has 410 valence electrons. The number of aromatic nitrogens is 3. The smallest absolute Gasteiger partial charge is 0.305 e. The van der Waals surface area contributed by atoms with Crippen LogP contribution < -0.4 is 53.6 Å². The number of fused-ring (bicyclic) bond motifs is 1. The van der Waals surface area contributed by atoms with Gasteiger partial charge in [0.25, 0.3) is 0 Å². The average molecular weight is 1060 g/mol. The summed E-state index contributed by atoms with van der Waals surface area (Å²) in [5.74, 6) is -10.2. The van der Waals surface area contributed by atoms with Gasteiger partial charge < -0.3 is 73.8 Å². The molecule has 76 heavy (non-hydrogen) atoms. The number of carbonyl (C=O) groups excluding carboxylic acids is 9. The van der Waals surface area contributed by atoms with E-state index < -0.39 is 127 Å². The zero-order chi connectivity index (χ0) is 55.5. The molecular formula is C51H69N13O12. The van der Waals surface area contributed by atoms with Gasteiger partial charge in [0.05, 0.1) is 25.4 Å². The van der Waals surface area contributed by atoms with E-state index in [1.807, 2.05) is 18.2 Å². The average Bonchev–Trinajstić information content (AvgIpc) is 4.05. The maximum atomic E-state index is 14.4. The zero-order valence-corrected chi connectivity index (χ0v) is 42.8. The lowest BCUT2D eigenvalue weighted by molar-refractivity contribution is -0.142. The Morgan fingerprint density at radius 3 is 1.91 bits per heavy atom. The number of aliphatic carboxylic acids is 1. The number of aromatic amines is 2. The van der Waals surface area contributed by atoms with Crippen LogP contribution in [0.3, 0.4) is 0 Å². The summed E-state index contributed by atoms with van der Waals surface area (Å²) in [6.45, 7) is 5.45. The lowest BCUT2D eigenvalue weighted by Crippen LogP contribution is -2.61. The molecule has 0 aliphatic carbocycles. The Morgan fingerprint density at radius 2 is 1.24 bits per heavy atom. The van der Waals surface area contributed by atoms with Gasteiger partial charge in [0.2, 0.25) is 53.2 Å². The van der Waals surface area contributed by atoms with Crippen molar-refractivity contribution in [2.45, 2.75) is 134 Å². The lowest BCUT2D eigenvalue weighted by atomic mass is 10.0. The van der Waals surface area contributed by atoms with Crippen LogP contribution in [-0.4, -0.2) is 152 Å². The van der Waals surface area contributed by atoms with Crippen molar-refractivity contribution < 1.29 is 58.2 Å². The van der Waals surface area contributed by atoms with Crippen molar-refractivity contribution in [3.05, 3.63) is 90.1 Å². The van der Waals surface area contributed by atoms with Gasteiger partial charge in [0.1, 0.15) is 48.3 Å². The van der Waals surface area contributed by atoms with Gasteiger partial charge in [-0.05, 0) is 69.2 Å². The molecule has 2 aromatic heterocycles. The molecule has 9 amide bonds. The molecule has 0 spiro atoms. The van der Waals surface area contributed by atoms with Gasteiger partial charge in [-0.1, -0.05) is 62.4 Å². The Morgan fingerprint density at radius 1 is 0.645 bits per heavy atom. The van der Waals surface area contributed by atoms with Crippen molar-refractivity contribution in [3.63, 3.8) is 0 Å². The van der Waals surface area contributed by atoms with Crippen LogP contribution in [0, 0.1) is 5.92 Å². The Kier molecular flexibility index (Phi) is 22.0. The SMILES string of the molecule is CC(C)C[C@@H]1NC(=O)[C@H]([C@@H](C)O)NC(=O)[C@H](Cc2ccccc2)NC(=O)CNC(=O)[C@H](Cc2c[nH]c3ccccc23)NC(=O)[C@H](Cc2cnc[nH]2)NC(=O)[C@H](C)NC(=O)[C@H](CCCCN)NC(=O)[C@H](CC(=O)O)NC1=O. The standard InChI is InChI=1S/C51H69N13O12/c1-27(2)18-36-47(72)62-40(22-42(67)68)49(74)59-35(16-10-11-17-52)46(71)57-28(3)44(69)60-39(21-32-24-53-26-56-32)48(73)61-38(20-31-23-54-34-15-9-8-14-33(31)34)45(70)55-25-41(66)58-37(19-30-12-6-5-7-13-30)50(75)64-43(29(4)65)51(76)63-36/h5-9,12-15,23-24,26-29,35-40,43,54,65H,10-11,16-22,25,52H2,1-4H3,(H,53,56)(H,55,70)(H,57,71)(H,58,66)(H,59,74)(H,60,69)(H,61,73)(H,62,72)(H,63,76)(H,64,75)(H,67,68)/t28-,29+,35-,36-,37-,38-,39-,40-,43-/m0/s1. The Labute approximate surface area is 438 Å². The van der Waals surface area contributed by atoms with Crippen LogP contribution in [0.15, 0.2) is 73.3 Å². The van der Waals surface area contributed by atoms with E-state index >= 15 is 0 Å². The molecule has 4 aromatic rings. The second-order valence-corrected chi connectivity index (χ2v) is 19.1. The molecule has 2 aromatic carbocycles. The number of benzene rings is 2. The fourth-order valence-corrected chi connectivity index (χ4v) is 8.41. The van der Waals surface area contributed by atoms with Crippen LogP contribution in [0.25, 0.3) is 10.9 Å². The molecular weight excluding hydrogens is 987 g/mol. The fraction of sp³-hybridized carbons (Fsp3) is 0.471. The Bertz CT molecular complexity index is 2660. The molecule has 3 heterocycles. The monoisotopic (exact) mass is 1060 g/mol. The second-order valence-electron chi connectivity index (χ2n) is 19.1. The van der Waals surface area contributed by atoms with E-state index in [-0.39, 0.29) is 51.0 Å². The minimum absolute atomic E-state index is 0.0482. The number of carbonyl (C=O) groups is 10. The van der Waals surface area contributed by atoms with Crippen LogP contribution in [0.4, 0.5) is 0 Å². The third-order valence-corrected chi connectivity index (χ3v) is 12.4. The highest BCUT2D eigenvalue weighted by Gasteiger charge is 2.37. The van der Waals surface area contributed by atoms with E-state index in [0.717, 1.165) is 10.9 Å². The number of nitrogens with one attached hydrogen (secondary N) is 11. The summed E-state index contributed by atoms with van der Waals surface area (Å²) in [5, 5.41) is 44.3. The van der Waals surface area contributed by atoms with E-state index in [0.29, 0.717) is 23.2 Å². The highest BCUT2D eigenvalue weighted by molar-refractivity contribution is 5.99. The first kappa shape index (κ1) is 58.7.